The quantitative estimate of drug-likeness (QED) is 0.621. The molecule has 0 aliphatic rings. The van der Waals surface area contributed by atoms with Crippen LogP contribution in [0.3, 0.4) is 0 Å². The highest BCUT2D eigenvalue weighted by atomic mass is 32.2. The first-order valence-corrected chi connectivity index (χ1v) is 7.26. The number of ether oxygens (including phenoxy) is 1. The zero-order valence-electron chi connectivity index (χ0n) is 10.7. The molecule has 0 saturated carbocycles. The van der Waals surface area contributed by atoms with E-state index in [-0.39, 0.29) is 17.3 Å². The maximum absolute atomic E-state index is 11.6. The fourth-order valence-corrected chi connectivity index (χ4v) is 2.48. The summed E-state index contributed by atoms with van der Waals surface area (Å²) < 4.78 is 29.0. The normalized spacial score (nSPS) is 11.3. The summed E-state index contributed by atoms with van der Waals surface area (Å²) in [7, 11) is -2.22. The minimum absolute atomic E-state index is 0.0937. The lowest BCUT2D eigenvalue weighted by Crippen LogP contribution is -2.10. The molecule has 0 radical (unpaired) electrons. The van der Waals surface area contributed by atoms with Gasteiger partial charge in [0.15, 0.2) is 11.6 Å². The predicted molar refractivity (Wildman–Crippen MR) is 71.1 cm³/mol. The van der Waals surface area contributed by atoms with Crippen LogP contribution in [0.15, 0.2) is 30.6 Å². The molecular weight excluding hydrogens is 286 g/mol. The third-order valence-electron chi connectivity index (χ3n) is 2.60. The van der Waals surface area contributed by atoms with Crippen LogP contribution in [0, 0.1) is 10.1 Å². The first-order valence-electron chi connectivity index (χ1n) is 5.41. The number of nitrogens with zero attached hydrogens (tertiary/aromatic N) is 3. The van der Waals surface area contributed by atoms with E-state index < -0.39 is 14.9 Å². The van der Waals surface area contributed by atoms with Crippen LogP contribution in [0.1, 0.15) is 0 Å². The molecule has 0 amide bonds. The number of aromatic nitrogens is 2. The second-order valence-electron chi connectivity index (χ2n) is 3.95. The Hall–Kier alpha value is -2.42. The van der Waals surface area contributed by atoms with E-state index in [9.17, 15) is 18.5 Å². The van der Waals surface area contributed by atoms with E-state index in [1.165, 1.54) is 37.7 Å². The van der Waals surface area contributed by atoms with Crippen molar-refractivity contribution >= 4 is 15.7 Å². The largest absolute Gasteiger partial charge is 0.490 e. The first kappa shape index (κ1) is 14.0. The molecule has 1 heterocycles. The van der Waals surface area contributed by atoms with Gasteiger partial charge in [0.25, 0.3) is 0 Å². The topological polar surface area (TPSA) is 104 Å². The molecule has 8 nitrogen and oxygen atoms in total. The van der Waals surface area contributed by atoms with Crippen molar-refractivity contribution in [2.24, 2.45) is 0 Å². The minimum atomic E-state index is -3.53. The summed E-state index contributed by atoms with van der Waals surface area (Å²) in [5.74, 6) is 0.203. The number of nitro groups is 1. The third-order valence-corrected chi connectivity index (χ3v) is 3.61. The monoisotopic (exact) mass is 297 g/mol. The number of hydrogen-bond donors (Lipinski definition) is 0. The molecule has 0 unspecified atom stereocenters. The predicted octanol–water partition coefficient (Wildman–Crippen LogP) is 1.27. The molecule has 0 N–H and O–H groups in total. The summed E-state index contributed by atoms with van der Waals surface area (Å²) in [5.41, 5.74) is 0.0565. The van der Waals surface area contributed by atoms with Crippen molar-refractivity contribution in [3.8, 4) is 17.1 Å². The van der Waals surface area contributed by atoms with Crippen LogP contribution in [-0.2, 0) is 10.0 Å². The lowest BCUT2D eigenvalue weighted by Gasteiger charge is -2.07. The Bertz CT molecular complexity index is 766. The van der Waals surface area contributed by atoms with E-state index in [0.717, 1.165) is 10.2 Å². The molecule has 1 aromatic carbocycles. The van der Waals surface area contributed by atoms with E-state index in [0.29, 0.717) is 5.56 Å². The zero-order valence-corrected chi connectivity index (χ0v) is 11.5. The van der Waals surface area contributed by atoms with Crippen molar-refractivity contribution < 1.29 is 18.1 Å². The maximum atomic E-state index is 11.6. The summed E-state index contributed by atoms with van der Waals surface area (Å²) in [5, 5.41) is 11.0. The van der Waals surface area contributed by atoms with Crippen LogP contribution in [-0.4, -0.2) is 35.7 Å². The standard InChI is InChI=1S/C11H11N3O5S/c1-19-10-4-3-8(7-9(10)14(15)16)11-12-5-6-13(11)20(2,17)18/h3-7H,1-2H3. The van der Waals surface area contributed by atoms with Gasteiger partial charge in [-0.25, -0.2) is 17.4 Å². The number of benzene rings is 1. The number of nitro benzene ring substituents is 1. The second kappa shape index (κ2) is 4.93. The van der Waals surface area contributed by atoms with Crippen molar-refractivity contribution in [2.45, 2.75) is 0 Å². The number of methoxy groups -OCH3 is 1. The smallest absolute Gasteiger partial charge is 0.311 e. The van der Waals surface area contributed by atoms with Gasteiger partial charge in [-0.15, -0.1) is 0 Å². The van der Waals surface area contributed by atoms with Crippen molar-refractivity contribution in [2.75, 3.05) is 13.4 Å². The van der Waals surface area contributed by atoms with E-state index in [2.05, 4.69) is 4.98 Å². The lowest BCUT2D eigenvalue weighted by atomic mass is 10.2. The molecular formula is C11H11N3O5S. The third kappa shape index (κ3) is 2.48. The van der Waals surface area contributed by atoms with Crippen LogP contribution in [0.4, 0.5) is 5.69 Å². The molecule has 1 aromatic heterocycles. The summed E-state index contributed by atoms with van der Waals surface area (Å²) in [6.45, 7) is 0. The van der Waals surface area contributed by atoms with Crippen molar-refractivity contribution in [3.63, 3.8) is 0 Å². The molecule has 20 heavy (non-hydrogen) atoms. The number of rotatable bonds is 4. The Balaban J connectivity index is 2.63. The minimum Gasteiger partial charge on any atom is -0.490 e. The van der Waals surface area contributed by atoms with Crippen LogP contribution < -0.4 is 4.74 Å². The van der Waals surface area contributed by atoms with Gasteiger partial charge < -0.3 is 4.74 Å². The van der Waals surface area contributed by atoms with E-state index in [1.54, 1.807) is 0 Å². The van der Waals surface area contributed by atoms with Crippen LogP contribution in [0.5, 0.6) is 5.75 Å². The van der Waals surface area contributed by atoms with Gasteiger partial charge in [-0.05, 0) is 12.1 Å². The Morgan fingerprint density at radius 1 is 1.40 bits per heavy atom. The highest BCUT2D eigenvalue weighted by molar-refractivity contribution is 7.89. The van der Waals surface area contributed by atoms with Crippen molar-refractivity contribution in [1.82, 2.24) is 8.96 Å². The molecule has 0 fully saturated rings. The molecule has 0 bridgehead atoms. The molecule has 9 heteroatoms. The first-order chi connectivity index (χ1) is 9.34. The van der Waals surface area contributed by atoms with Crippen LogP contribution >= 0.6 is 0 Å². The fraction of sp³-hybridized carbons (Fsp3) is 0.182. The van der Waals surface area contributed by atoms with E-state index in [1.807, 2.05) is 0 Å². The lowest BCUT2D eigenvalue weighted by molar-refractivity contribution is -0.385. The fourth-order valence-electron chi connectivity index (χ4n) is 1.73. The average molecular weight is 297 g/mol. The molecule has 2 rings (SSSR count). The van der Waals surface area contributed by atoms with Gasteiger partial charge in [-0.2, -0.15) is 0 Å². The Morgan fingerprint density at radius 2 is 2.10 bits per heavy atom. The van der Waals surface area contributed by atoms with E-state index >= 15 is 0 Å². The molecule has 0 spiro atoms. The van der Waals surface area contributed by atoms with Gasteiger partial charge in [0.1, 0.15) is 0 Å². The Morgan fingerprint density at radius 3 is 2.65 bits per heavy atom. The van der Waals surface area contributed by atoms with Crippen LogP contribution in [0.25, 0.3) is 11.4 Å². The van der Waals surface area contributed by atoms with Gasteiger partial charge in [0, 0.05) is 24.0 Å². The summed E-state index contributed by atoms with van der Waals surface area (Å²) >= 11 is 0. The SMILES string of the molecule is COc1ccc(-c2nccn2S(C)(=O)=O)cc1[N+](=O)[O-]. The van der Waals surface area contributed by atoms with Gasteiger partial charge >= 0.3 is 5.69 Å². The molecule has 0 saturated heterocycles. The van der Waals surface area contributed by atoms with Crippen LogP contribution in [0.2, 0.25) is 0 Å². The van der Waals surface area contributed by atoms with Gasteiger partial charge in [-0.3, -0.25) is 10.1 Å². The average Bonchev–Trinajstić information content (AvgIpc) is 2.87. The van der Waals surface area contributed by atoms with Crippen molar-refractivity contribution in [1.29, 1.82) is 0 Å². The maximum Gasteiger partial charge on any atom is 0.311 e. The van der Waals surface area contributed by atoms with Gasteiger partial charge in [0.2, 0.25) is 10.0 Å². The molecule has 0 aliphatic carbocycles. The summed E-state index contributed by atoms with van der Waals surface area (Å²) in [6, 6.07) is 4.13. The van der Waals surface area contributed by atoms with Crippen molar-refractivity contribution in [3.05, 3.63) is 40.7 Å². The molecule has 0 aliphatic heterocycles. The number of imidazole rings is 1. The second-order valence-corrected chi connectivity index (χ2v) is 5.81. The van der Waals surface area contributed by atoms with E-state index in [4.69, 9.17) is 4.74 Å². The number of hydrogen-bond acceptors (Lipinski definition) is 6. The summed E-state index contributed by atoms with van der Waals surface area (Å²) in [6.07, 6.45) is 3.61. The van der Waals surface area contributed by atoms with Gasteiger partial charge in [-0.1, -0.05) is 0 Å². The van der Waals surface area contributed by atoms with Gasteiger partial charge in [0.05, 0.1) is 18.3 Å². The highest BCUT2D eigenvalue weighted by Crippen LogP contribution is 2.31. The molecule has 106 valence electrons. The Labute approximate surface area is 114 Å². The Kier molecular flexibility index (Phi) is 3.45. The molecule has 2 aromatic rings. The molecule has 0 atom stereocenters. The zero-order chi connectivity index (χ0) is 14.9. The highest BCUT2D eigenvalue weighted by Gasteiger charge is 2.19. The summed E-state index contributed by atoms with van der Waals surface area (Å²) in [4.78, 5) is 14.3.